The van der Waals surface area contributed by atoms with E-state index in [1.807, 2.05) is 30.3 Å². The van der Waals surface area contributed by atoms with Crippen LogP contribution in [0.1, 0.15) is 5.56 Å². The number of alkyl halides is 1. The zero-order chi connectivity index (χ0) is 12.0. The van der Waals surface area contributed by atoms with Gasteiger partial charge in [-0.25, -0.2) is 13.1 Å². The molecule has 0 saturated heterocycles. The van der Waals surface area contributed by atoms with E-state index in [1.54, 1.807) is 0 Å². The fourth-order valence-electron chi connectivity index (χ4n) is 1.22. The number of rotatable bonds is 6. The lowest BCUT2D eigenvalue weighted by molar-refractivity contribution is 0.179. The Kier molecular flexibility index (Phi) is 5.40. The second-order valence-electron chi connectivity index (χ2n) is 3.42. The van der Waals surface area contributed by atoms with Gasteiger partial charge in [0.05, 0.1) is 6.10 Å². The van der Waals surface area contributed by atoms with Crippen molar-refractivity contribution in [1.82, 2.24) is 4.72 Å². The highest BCUT2D eigenvalue weighted by Gasteiger charge is 2.11. The topological polar surface area (TPSA) is 66.4 Å². The Morgan fingerprint density at radius 1 is 1.31 bits per heavy atom. The molecule has 90 valence electrons. The van der Waals surface area contributed by atoms with Gasteiger partial charge in [-0.1, -0.05) is 46.3 Å². The molecule has 0 bridgehead atoms. The summed E-state index contributed by atoms with van der Waals surface area (Å²) in [5.41, 5.74) is 0.980. The van der Waals surface area contributed by atoms with Crippen molar-refractivity contribution in [3.05, 3.63) is 35.9 Å². The predicted octanol–water partition coefficient (Wildman–Crippen LogP) is 0.862. The molecule has 0 aromatic heterocycles. The van der Waals surface area contributed by atoms with Crippen LogP contribution in [0.25, 0.3) is 0 Å². The molecule has 0 fully saturated rings. The molecule has 4 nitrogen and oxygen atoms in total. The summed E-state index contributed by atoms with van der Waals surface area (Å²) >= 11 is 2.86. The molecule has 6 heteroatoms. The largest absolute Gasteiger partial charge is 0.391 e. The third-order valence-electron chi connectivity index (χ3n) is 2.00. The van der Waals surface area contributed by atoms with Crippen LogP contribution in [0.15, 0.2) is 30.3 Å². The molecule has 1 unspecified atom stereocenters. The molecular formula is C10H14BrNO3S. The number of benzene rings is 1. The lowest BCUT2D eigenvalue weighted by Gasteiger charge is -2.11. The molecule has 0 spiro atoms. The summed E-state index contributed by atoms with van der Waals surface area (Å²) in [6, 6.07) is 9.43. The second kappa shape index (κ2) is 6.34. The Bertz CT molecular complexity index is 407. The molecule has 0 radical (unpaired) electrons. The summed E-state index contributed by atoms with van der Waals surface area (Å²) in [6.07, 6.45) is -0.276. The van der Waals surface area contributed by atoms with Gasteiger partial charge in [-0.05, 0) is 12.0 Å². The van der Waals surface area contributed by atoms with Crippen LogP contribution >= 0.6 is 15.9 Å². The van der Waals surface area contributed by atoms with Gasteiger partial charge in [0.1, 0.15) is 4.66 Å². The quantitative estimate of drug-likeness (QED) is 0.766. The van der Waals surface area contributed by atoms with Crippen molar-refractivity contribution in [3.63, 3.8) is 0 Å². The fourth-order valence-corrected chi connectivity index (χ4v) is 2.23. The average Bonchev–Trinajstić information content (AvgIpc) is 2.28. The van der Waals surface area contributed by atoms with Crippen molar-refractivity contribution < 1.29 is 13.5 Å². The summed E-state index contributed by atoms with van der Waals surface area (Å²) < 4.78 is 24.3. The van der Waals surface area contributed by atoms with Gasteiger partial charge in [0.15, 0.2) is 0 Å². The number of aliphatic hydroxyl groups excluding tert-OH is 1. The van der Waals surface area contributed by atoms with Crippen LogP contribution in [0.5, 0.6) is 0 Å². The highest BCUT2D eigenvalue weighted by Crippen LogP contribution is 2.03. The fraction of sp³-hybridized carbons (Fsp3) is 0.400. The molecular weight excluding hydrogens is 294 g/mol. The van der Waals surface area contributed by atoms with Crippen molar-refractivity contribution in [3.8, 4) is 0 Å². The molecule has 0 aliphatic heterocycles. The standard InChI is InChI=1S/C10H14BrNO3S/c11-8-16(14,15)12-7-10(13)6-9-4-2-1-3-5-9/h1-5,10,12-13H,6-8H2. The summed E-state index contributed by atoms with van der Waals surface area (Å²) in [4.78, 5) is 0. The molecule has 1 aromatic rings. The van der Waals surface area contributed by atoms with E-state index in [0.717, 1.165) is 5.56 Å². The summed E-state index contributed by atoms with van der Waals surface area (Å²) in [5, 5.41) is 9.62. The van der Waals surface area contributed by atoms with Crippen LogP contribution in [-0.2, 0) is 16.4 Å². The maximum atomic E-state index is 11.1. The van der Waals surface area contributed by atoms with Crippen LogP contribution in [-0.4, -0.2) is 30.8 Å². The average molecular weight is 308 g/mol. The zero-order valence-corrected chi connectivity index (χ0v) is 11.0. The summed E-state index contributed by atoms with van der Waals surface area (Å²) in [5.74, 6) is 0. The number of hydrogen-bond donors (Lipinski definition) is 2. The van der Waals surface area contributed by atoms with E-state index in [2.05, 4.69) is 20.7 Å². The normalized spacial score (nSPS) is 13.6. The van der Waals surface area contributed by atoms with Crippen molar-refractivity contribution in [1.29, 1.82) is 0 Å². The Hall–Kier alpha value is -0.430. The van der Waals surface area contributed by atoms with Gasteiger partial charge in [0.2, 0.25) is 10.0 Å². The maximum absolute atomic E-state index is 11.1. The minimum absolute atomic E-state index is 0.0306. The van der Waals surface area contributed by atoms with E-state index >= 15 is 0 Å². The van der Waals surface area contributed by atoms with Crippen LogP contribution < -0.4 is 4.72 Å². The minimum Gasteiger partial charge on any atom is -0.391 e. The van der Waals surface area contributed by atoms with Crippen LogP contribution in [0, 0.1) is 0 Å². The Morgan fingerprint density at radius 2 is 1.94 bits per heavy atom. The molecule has 16 heavy (non-hydrogen) atoms. The molecule has 0 heterocycles. The predicted molar refractivity (Wildman–Crippen MR) is 66.9 cm³/mol. The Morgan fingerprint density at radius 3 is 2.50 bits per heavy atom. The minimum atomic E-state index is -3.30. The first-order valence-electron chi connectivity index (χ1n) is 4.79. The molecule has 0 aliphatic rings. The Labute approximate surface area is 104 Å². The van der Waals surface area contributed by atoms with Gasteiger partial charge in [-0.2, -0.15) is 0 Å². The van der Waals surface area contributed by atoms with Crippen molar-refractivity contribution in [2.45, 2.75) is 12.5 Å². The first-order chi connectivity index (χ1) is 7.53. The van der Waals surface area contributed by atoms with Crippen molar-refractivity contribution >= 4 is 26.0 Å². The lowest BCUT2D eigenvalue weighted by atomic mass is 10.1. The molecule has 1 rings (SSSR count). The Balaban J connectivity index is 2.40. The van der Waals surface area contributed by atoms with E-state index in [1.165, 1.54) is 0 Å². The highest BCUT2D eigenvalue weighted by molar-refractivity contribution is 9.10. The first-order valence-corrected chi connectivity index (χ1v) is 7.56. The van der Waals surface area contributed by atoms with E-state index in [0.29, 0.717) is 6.42 Å². The third kappa shape index (κ3) is 5.07. The van der Waals surface area contributed by atoms with E-state index in [9.17, 15) is 13.5 Å². The molecule has 0 amide bonds. The smallest absolute Gasteiger partial charge is 0.221 e. The molecule has 0 aliphatic carbocycles. The van der Waals surface area contributed by atoms with E-state index in [-0.39, 0.29) is 11.2 Å². The number of sulfonamides is 1. The molecule has 2 N–H and O–H groups in total. The third-order valence-corrected chi connectivity index (χ3v) is 4.70. The van der Waals surface area contributed by atoms with Gasteiger partial charge >= 0.3 is 0 Å². The van der Waals surface area contributed by atoms with Crippen LogP contribution in [0.4, 0.5) is 0 Å². The molecule has 1 atom stereocenters. The van der Waals surface area contributed by atoms with Gasteiger partial charge < -0.3 is 5.11 Å². The first kappa shape index (κ1) is 13.6. The van der Waals surface area contributed by atoms with Gasteiger partial charge in [0, 0.05) is 6.54 Å². The number of halogens is 1. The van der Waals surface area contributed by atoms with Gasteiger partial charge in [-0.15, -0.1) is 0 Å². The zero-order valence-electron chi connectivity index (χ0n) is 8.64. The molecule has 1 aromatic carbocycles. The van der Waals surface area contributed by atoms with Crippen molar-refractivity contribution in [2.75, 3.05) is 11.2 Å². The van der Waals surface area contributed by atoms with Gasteiger partial charge in [-0.3, -0.25) is 0 Å². The SMILES string of the molecule is O=S(=O)(CBr)NCC(O)Cc1ccccc1. The maximum Gasteiger partial charge on any atom is 0.221 e. The number of hydrogen-bond acceptors (Lipinski definition) is 3. The lowest BCUT2D eigenvalue weighted by Crippen LogP contribution is -2.33. The van der Waals surface area contributed by atoms with Crippen LogP contribution in [0.2, 0.25) is 0 Å². The molecule has 0 saturated carbocycles. The van der Waals surface area contributed by atoms with Crippen molar-refractivity contribution in [2.24, 2.45) is 0 Å². The summed E-state index contributed by atoms with van der Waals surface area (Å²) in [6.45, 7) is 0.0306. The number of aliphatic hydroxyl groups is 1. The second-order valence-corrected chi connectivity index (χ2v) is 6.53. The highest BCUT2D eigenvalue weighted by atomic mass is 79.9. The van der Waals surface area contributed by atoms with Gasteiger partial charge in [0.25, 0.3) is 0 Å². The van der Waals surface area contributed by atoms with Crippen LogP contribution in [0.3, 0.4) is 0 Å². The van der Waals surface area contributed by atoms with E-state index in [4.69, 9.17) is 0 Å². The number of nitrogens with one attached hydrogen (secondary N) is 1. The summed E-state index contributed by atoms with van der Waals surface area (Å²) in [7, 11) is -3.30. The van der Waals surface area contributed by atoms with E-state index < -0.39 is 16.1 Å². The monoisotopic (exact) mass is 307 g/mol.